The van der Waals surface area contributed by atoms with E-state index < -0.39 is 0 Å². The van der Waals surface area contributed by atoms with Crippen molar-refractivity contribution in [2.45, 2.75) is 76.3 Å². The fraction of sp³-hybridized carbons (Fsp3) is 0.938. The second-order valence-electron chi connectivity index (χ2n) is 6.68. The molecule has 4 nitrogen and oxygen atoms in total. The molecule has 2 N–H and O–H groups in total. The second-order valence-corrected chi connectivity index (χ2v) is 6.68. The number of nitrogens with one attached hydrogen (secondary N) is 1. The monoisotopic (exact) mass is 282 g/mol. The number of likely N-dealkylation sites (tertiary alicyclic amines) is 1. The van der Waals surface area contributed by atoms with Crippen LogP contribution in [0.3, 0.4) is 0 Å². The van der Waals surface area contributed by atoms with Crippen molar-refractivity contribution in [2.75, 3.05) is 19.7 Å². The van der Waals surface area contributed by atoms with Crippen molar-refractivity contribution in [1.82, 2.24) is 10.2 Å². The van der Waals surface area contributed by atoms with Gasteiger partial charge in [0.15, 0.2) is 0 Å². The molecule has 1 amide bonds. The maximum atomic E-state index is 12.2. The molecule has 1 aliphatic heterocycles. The molecule has 2 rings (SSSR count). The van der Waals surface area contributed by atoms with Crippen LogP contribution in [0.15, 0.2) is 0 Å². The van der Waals surface area contributed by atoms with Crippen molar-refractivity contribution < 1.29 is 9.90 Å². The van der Waals surface area contributed by atoms with E-state index in [-0.39, 0.29) is 18.1 Å². The summed E-state index contributed by atoms with van der Waals surface area (Å²) < 4.78 is 0. The summed E-state index contributed by atoms with van der Waals surface area (Å²) in [5.41, 5.74) is -0.327. The summed E-state index contributed by atoms with van der Waals surface area (Å²) in [4.78, 5) is 14.6. The molecule has 1 unspecified atom stereocenters. The third-order valence-electron chi connectivity index (χ3n) is 5.07. The molecular formula is C16H30N2O2. The SMILES string of the molecule is CC(CCC(=O)NC1(CO)CCCCC1)N1CCCC1. The molecular weight excluding hydrogens is 252 g/mol. The zero-order valence-corrected chi connectivity index (χ0v) is 12.9. The van der Waals surface area contributed by atoms with E-state index in [1.165, 1.54) is 32.4 Å². The van der Waals surface area contributed by atoms with E-state index in [2.05, 4.69) is 17.1 Å². The van der Waals surface area contributed by atoms with E-state index >= 15 is 0 Å². The van der Waals surface area contributed by atoms with E-state index in [4.69, 9.17) is 0 Å². The van der Waals surface area contributed by atoms with Gasteiger partial charge in [0.05, 0.1) is 12.1 Å². The topological polar surface area (TPSA) is 52.6 Å². The molecule has 2 aliphatic rings. The maximum Gasteiger partial charge on any atom is 0.220 e. The largest absolute Gasteiger partial charge is 0.394 e. The van der Waals surface area contributed by atoms with Crippen molar-refractivity contribution in [3.05, 3.63) is 0 Å². The number of rotatable bonds is 6. The van der Waals surface area contributed by atoms with Gasteiger partial charge in [0.25, 0.3) is 0 Å². The zero-order chi connectivity index (χ0) is 14.4. The van der Waals surface area contributed by atoms with Crippen LogP contribution >= 0.6 is 0 Å². The highest BCUT2D eigenvalue weighted by Crippen LogP contribution is 2.28. The first-order valence-corrected chi connectivity index (χ1v) is 8.31. The third kappa shape index (κ3) is 4.19. The van der Waals surface area contributed by atoms with Gasteiger partial charge in [0.1, 0.15) is 0 Å². The summed E-state index contributed by atoms with van der Waals surface area (Å²) in [7, 11) is 0. The van der Waals surface area contributed by atoms with Crippen molar-refractivity contribution in [3.8, 4) is 0 Å². The number of hydrogen-bond donors (Lipinski definition) is 2. The van der Waals surface area contributed by atoms with Crippen molar-refractivity contribution >= 4 is 5.91 Å². The van der Waals surface area contributed by atoms with Crippen LogP contribution in [0.1, 0.15) is 64.7 Å². The minimum absolute atomic E-state index is 0.0837. The summed E-state index contributed by atoms with van der Waals surface area (Å²) in [6, 6.07) is 0.500. The molecule has 116 valence electrons. The normalized spacial score (nSPS) is 24.5. The van der Waals surface area contributed by atoms with Gasteiger partial charge in [0.2, 0.25) is 5.91 Å². The molecule has 20 heavy (non-hydrogen) atoms. The van der Waals surface area contributed by atoms with Crippen LogP contribution < -0.4 is 5.32 Å². The van der Waals surface area contributed by atoms with Crippen LogP contribution in [0.25, 0.3) is 0 Å². The molecule has 0 bridgehead atoms. The van der Waals surface area contributed by atoms with Crippen LogP contribution in [0.5, 0.6) is 0 Å². The predicted molar refractivity (Wildman–Crippen MR) is 80.5 cm³/mol. The van der Waals surface area contributed by atoms with E-state index in [1.54, 1.807) is 0 Å². The van der Waals surface area contributed by atoms with Gasteiger partial charge in [-0.1, -0.05) is 19.3 Å². The third-order valence-corrected chi connectivity index (χ3v) is 5.07. The summed E-state index contributed by atoms with van der Waals surface area (Å²) in [5.74, 6) is 0.118. The number of amides is 1. The first-order chi connectivity index (χ1) is 9.65. The smallest absolute Gasteiger partial charge is 0.220 e. The molecule has 4 heteroatoms. The Kier molecular flexibility index (Phi) is 5.85. The highest BCUT2D eigenvalue weighted by atomic mass is 16.3. The Morgan fingerprint density at radius 1 is 1.20 bits per heavy atom. The van der Waals surface area contributed by atoms with E-state index in [0.717, 1.165) is 32.1 Å². The molecule has 0 aromatic rings. The molecule has 0 aromatic heterocycles. The molecule has 0 aromatic carbocycles. The summed E-state index contributed by atoms with van der Waals surface area (Å²) in [6.07, 6.45) is 9.41. The minimum atomic E-state index is -0.327. The first kappa shape index (κ1) is 15.8. The number of nitrogens with zero attached hydrogens (tertiary/aromatic N) is 1. The summed E-state index contributed by atoms with van der Waals surface area (Å²) in [5, 5.41) is 12.7. The van der Waals surface area contributed by atoms with Crippen LogP contribution in [0.2, 0.25) is 0 Å². The number of aliphatic hydroxyl groups is 1. The Morgan fingerprint density at radius 3 is 2.45 bits per heavy atom. The van der Waals surface area contributed by atoms with Crippen LogP contribution in [0.4, 0.5) is 0 Å². The Balaban J connectivity index is 1.73. The van der Waals surface area contributed by atoms with E-state index in [1.807, 2.05) is 0 Å². The van der Waals surface area contributed by atoms with Crippen LogP contribution in [-0.2, 0) is 4.79 Å². The molecule has 0 radical (unpaired) electrons. The van der Waals surface area contributed by atoms with Crippen molar-refractivity contribution in [1.29, 1.82) is 0 Å². The number of carbonyl (C=O) groups excluding carboxylic acids is 1. The highest BCUT2D eigenvalue weighted by molar-refractivity contribution is 5.76. The van der Waals surface area contributed by atoms with Gasteiger partial charge < -0.3 is 15.3 Å². The van der Waals surface area contributed by atoms with Gasteiger partial charge in [-0.15, -0.1) is 0 Å². The van der Waals surface area contributed by atoms with Gasteiger partial charge in [-0.25, -0.2) is 0 Å². The zero-order valence-electron chi connectivity index (χ0n) is 12.9. The van der Waals surface area contributed by atoms with Crippen molar-refractivity contribution in [3.63, 3.8) is 0 Å². The maximum absolute atomic E-state index is 12.2. The lowest BCUT2D eigenvalue weighted by molar-refractivity contribution is -0.124. The molecule has 0 spiro atoms. The van der Waals surface area contributed by atoms with Gasteiger partial charge in [-0.2, -0.15) is 0 Å². The molecule has 1 saturated carbocycles. The minimum Gasteiger partial charge on any atom is -0.394 e. The Morgan fingerprint density at radius 2 is 1.85 bits per heavy atom. The average Bonchev–Trinajstić information content (AvgIpc) is 3.00. The van der Waals surface area contributed by atoms with Gasteiger partial charge in [-0.3, -0.25) is 4.79 Å². The Bertz CT molecular complexity index is 308. The van der Waals surface area contributed by atoms with E-state index in [9.17, 15) is 9.90 Å². The quantitative estimate of drug-likeness (QED) is 0.784. The average molecular weight is 282 g/mol. The van der Waals surface area contributed by atoms with Crippen molar-refractivity contribution in [2.24, 2.45) is 0 Å². The Hall–Kier alpha value is -0.610. The predicted octanol–water partition coefficient (Wildman–Crippen LogP) is 2.06. The molecule has 1 atom stereocenters. The Labute approximate surface area is 122 Å². The molecule has 1 aliphatic carbocycles. The lowest BCUT2D eigenvalue weighted by Gasteiger charge is -2.36. The molecule has 2 fully saturated rings. The lowest BCUT2D eigenvalue weighted by atomic mass is 9.82. The first-order valence-electron chi connectivity index (χ1n) is 8.31. The van der Waals surface area contributed by atoms with Crippen LogP contribution in [-0.4, -0.2) is 47.2 Å². The van der Waals surface area contributed by atoms with Gasteiger partial charge >= 0.3 is 0 Å². The van der Waals surface area contributed by atoms with Gasteiger partial charge in [0, 0.05) is 12.5 Å². The summed E-state index contributed by atoms with van der Waals surface area (Å²) >= 11 is 0. The number of hydrogen-bond acceptors (Lipinski definition) is 3. The fourth-order valence-electron chi connectivity index (χ4n) is 3.61. The fourth-order valence-corrected chi connectivity index (χ4v) is 3.61. The number of aliphatic hydroxyl groups excluding tert-OH is 1. The van der Waals surface area contributed by atoms with Gasteiger partial charge in [-0.05, 0) is 52.1 Å². The highest BCUT2D eigenvalue weighted by Gasteiger charge is 2.32. The second kappa shape index (κ2) is 7.41. The summed E-state index contributed by atoms with van der Waals surface area (Å²) in [6.45, 7) is 4.67. The number of carbonyl (C=O) groups is 1. The standard InChI is InChI=1S/C16H30N2O2/c1-14(18-11-5-6-12-18)7-8-15(20)17-16(13-19)9-3-2-4-10-16/h14,19H,2-13H2,1H3,(H,17,20). The van der Waals surface area contributed by atoms with Crippen LogP contribution in [0, 0.1) is 0 Å². The lowest BCUT2D eigenvalue weighted by Crippen LogP contribution is -2.52. The van der Waals surface area contributed by atoms with E-state index in [0.29, 0.717) is 12.5 Å². The molecule has 1 heterocycles. The molecule has 1 saturated heterocycles.